The van der Waals surface area contributed by atoms with Crippen molar-refractivity contribution in [2.75, 3.05) is 26.4 Å². The van der Waals surface area contributed by atoms with Crippen LogP contribution in [0.3, 0.4) is 0 Å². The molecule has 2 saturated heterocycles. The van der Waals surface area contributed by atoms with Gasteiger partial charge in [-0.1, -0.05) is 0 Å². The minimum absolute atomic E-state index is 0.0189. The van der Waals surface area contributed by atoms with Gasteiger partial charge in [0, 0.05) is 19.4 Å². The van der Waals surface area contributed by atoms with E-state index in [1.807, 2.05) is 0 Å². The van der Waals surface area contributed by atoms with Crippen LogP contribution in [0.25, 0.3) is 0 Å². The third kappa shape index (κ3) is 7.32. The van der Waals surface area contributed by atoms with Gasteiger partial charge < -0.3 is 50.0 Å². The molecule has 14 heteroatoms. The van der Waals surface area contributed by atoms with Gasteiger partial charge in [0.25, 0.3) is 0 Å². The van der Waals surface area contributed by atoms with E-state index in [0.29, 0.717) is 0 Å². The molecular weight excluding hydrogens is 460 g/mol. The summed E-state index contributed by atoms with van der Waals surface area (Å²) in [5.74, 6) is -3.75. The van der Waals surface area contributed by atoms with Crippen LogP contribution in [-0.4, -0.2) is 123 Å². The maximum atomic E-state index is 12.4. The second-order valence-corrected chi connectivity index (χ2v) is 8.10. The summed E-state index contributed by atoms with van der Waals surface area (Å²) in [5, 5.41) is 50.1. The first kappa shape index (κ1) is 27.9. The molecule has 2 aliphatic rings. The second kappa shape index (κ2) is 12.9. The van der Waals surface area contributed by atoms with Gasteiger partial charge in [-0.15, -0.1) is 0 Å². The molecule has 6 N–H and O–H groups in total. The molecule has 0 aromatic heterocycles. The molecule has 0 bridgehead atoms. The number of nitrogens with one attached hydrogen (secondary N) is 1. The number of carbonyl (C=O) groups excluding carboxylic acids is 2. The molecule has 2 fully saturated rings. The summed E-state index contributed by atoms with van der Waals surface area (Å²) in [6.07, 6.45) is -6.35. The van der Waals surface area contributed by atoms with Gasteiger partial charge in [0.15, 0.2) is 6.29 Å². The molecule has 2 rings (SSSR count). The number of carboxylic acid groups (broad SMARTS) is 2. The van der Waals surface area contributed by atoms with Gasteiger partial charge in [-0.25, -0.2) is 9.59 Å². The molecule has 2 unspecified atom stereocenters. The molecule has 7 atom stereocenters. The van der Waals surface area contributed by atoms with Crippen LogP contribution in [0.5, 0.6) is 0 Å². The SMILES string of the molecule is C[C@@H]1O[C@@H](OCCOCCNC(=O)CCC(=O)N2C(C(=O)O)CCC2C(=O)O)[C@H](O)[C@H](O)[C@H]1O. The number of carboxylic acids is 2. The summed E-state index contributed by atoms with van der Waals surface area (Å²) in [6.45, 7) is 1.88. The molecule has 0 saturated carbocycles. The molecule has 14 nitrogen and oxygen atoms in total. The highest BCUT2D eigenvalue weighted by Crippen LogP contribution is 2.26. The van der Waals surface area contributed by atoms with Crippen LogP contribution in [0.1, 0.15) is 32.6 Å². The van der Waals surface area contributed by atoms with Crippen molar-refractivity contribution in [1.29, 1.82) is 0 Å². The number of aliphatic hydroxyl groups is 3. The maximum absolute atomic E-state index is 12.4. The first-order valence-electron chi connectivity index (χ1n) is 11.0. The van der Waals surface area contributed by atoms with E-state index in [1.54, 1.807) is 0 Å². The number of likely N-dealkylation sites (tertiary alicyclic amines) is 1. The average molecular weight is 492 g/mol. The molecule has 0 aromatic rings. The van der Waals surface area contributed by atoms with Crippen LogP contribution in [0, 0.1) is 0 Å². The lowest BCUT2D eigenvalue weighted by Crippen LogP contribution is -2.57. The Kier molecular flexibility index (Phi) is 10.6. The van der Waals surface area contributed by atoms with E-state index in [0.717, 1.165) is 4.90 Å². The van der Waals surface area contributed by atoms with Crippen molar-refractivity contribution in [3.8, 4) is 0 Å². The van der Waals surface area contributed by atoms with Gasteiger partial charge in [-0.05, 0) is 19.8 Å². The van der Waals surface area contributed by atoms with E-state index in [9.17, 15) is 44.7 Å². The zero-order valence-corrected chi connectivity index (χ0v) is 18.7. The smallest absolute Gasteiger partial charge is 0.326 e. The minimum atomic E-state index is -1.41. The zero-order valence-electron chi connectivity index (χ0n) is 18.7. The van der Waals surface area contributed by atoms with Crippen LogP contribution in [0.4, 0.5) is 0 Å². The number of hydrogen-bond acceptors (Lipinski definition) is 10. The normalized spacial score (nSPS) is 31.3. The Labute approximate surface area is 195 Å². The quantitative estimate of drug-likeness (QED) is 0.153. The van der Waals surface area contributed by atoms with E-state index >= 15 is 0 Å². The molecule has 194 valence electrons. The predicted molar refractivity (Wildman–Crippen MR) is 110 cm³/mol. The van der Waals surface area contributed by atoms with Crippen molar-refractivity contribution in [3.05, 3.63) is 0 Å². The van der Waals surface area contributed by atoms with Gasteiger partial charge in [0.05, 0.1) is 25.9 Å². The Morgan fingerprint density at radius 3 is 2.12 bits per heavy atom. The topological polar surface area (TPSA) is 212 Å². The van der Waals surface area contributed by atoms with Gasteiger partial charge >= 0.3 is 11.9 Å². The van der Waals surface area contributed by atoms with E-state index in [2.05, 4.69) is 5.32 Å². The summed E-state index contributed by atoms with van der Waals surface area (Å²) in [6, 6.07) is -2.44. The van der Waals surface area contributed by atoms with E-state index in [4.69, 9.17) is 14.2 Å². The molecule has 34 heavy (non-hydrogen) atoms. The average Bonchev–Trinajstić information content (AvgIpc) is 3.24. The number of carbonyl (C=O) groups is 4. The summed E-state index contributed by atoms with van der Waals surface area (Å²) in [4.78, 5) is 47.7. The lowest BCUT2D eigenvalue weighted by atomic mass is 10.0. The lowest BCUT2D eigenvalue weighted by molar-refractivity contribution is -0.294. The lowest BCUT2D eigenvalue weighted by Gasteiger charge is -2.38. The molecule has 0 radical (unpaired) electrons. The van der Waals surface area contributed by atoms with Crippen molar-refractivity contribution in [1.82, 2.24) is 10.2 Å². The van der Waals surface area contributed by atoms with Crippen molar-refractivity contribution in [2.24, 2.45) is 0 Å². The Bertz CT molecular complexity index is 712. The van der Waals surface area contributed by atoms with Crippen molar-refractivity contribution in [2.45, 2.75) is 75.4 Å². The summed E-state index contributed by atoms with van der Waals surface area (Å²) in [5.41, 5.74) is 0. The van der Waals surface area contributed by atoms with Crippen molar-refractivity contribution in [3.63, 3.8) is 0 Å². The molecule has 0 aromatic carbocycles. The third-order valence-corrected chi connectivity index (χ3v) is 5.70. The fourth-order valence-electron chi connectivity index (χ4n) is 3.82. The molecular formula is C20H32N2O12. The van der Waals surface area contributed by atoms with Crippen LogP contribution in [0.15, 0.2) is 0 Å². The van der Waals surface area contributed by atoms with Gasteiger partial charge in [0.1, 0.15) is 30.4 Å². The summed E-state index contributed by atoms with van der Waals surface area (Å²) < 4.78 is 15.8. The highest BCUT2D eigenvalue weighted by atomic mass is 16.7. The van der Waals surface area contributed by atoms with E-state index < -0.39 is 66.5 Å². The third-order valence-electron chi connectivity index (χ3n) is 5.70. The monoisotopic (exact) mass is 492 g/mol. The second-order valence-electron chi connectivity index (χ2n) is 8.10. The Balaban J connectivity index is 1.60. The largest absolute Gasteiger partial charge is 0.480 e. The van der Waals surface area contributed by atoms with Crippen molar-refractivity contribution < 1.29 is 58.9 Å². The molecule has 0 spiro atoms. The minimum Gasteiger partial charge on any atom is -0.480 e. The highest BCUT2D eigenvalue weighted by Gasteiger charge is 2.44. The fraction of sp³-hybridized carbons (Fsp3) is 0.800. The number of hydrogen-bond donors (Lipinski definition) is 6. The number of aliphatic carboxylic acids is 2. The van der Waals surface area contributed by atoms with Crippen molar-refractivity contribution >= 4 is 23.8 Å². The zero-order chi connectivity index (χ0) is 25.4. The van der Waals surface area contributed by atoms with Gasteiger partial charge in [-0.3, -0.25) is 9.59 Å². The molecule has 0 aliphatic carbocycles. The maximum Gasteiger partial charge on any atom is 0.326 e. The molecule has 2 heterocycles. The molecule has 2 aliphatic heterocycles. The first-order valence-corrected chi connectivity index (χ1v) is 11.0. The number of ether oxygens (including phenoxy) is 3. The standard InChI is InChI=1S/C20H32N2O12/c1-10-15(25)16(26)17(27)20(34-10)33-9-8-32-7-6-21-13(23)4-5-14(24)22-11(18(28)29)2-3-12(22)19(30)31/h10-12,15-17,20,25-27H,2-9H2,1H3,(H,21,23)(H,28,29)(H,30,31)/t10-,11?,12?,15-,16+,17+,20+/m0/s1. The highest BCUT2D eigenvalue weighted by molar-refractivity contribution is 5.91. The number of nitrogens with zero attached hydrogens (tertiary/aromatic N) is 1. The number of aliphatic hydroxyl groups excluding tert-OH is 3. The number of rotatable bonds is 12. The van der Waals surface area contributed by atoms with Crippen LogP contribution in [-0.2, 0) is 33.4 Å². The first-order chi connectivity index (χ1) is 16.0. The van der Waals surface area contributed by atoms with Crippen LogP contribution >= 0.6 is 0 Å². The Morgan fingerprint density at radius 2 is 1.53 bits per heavy atom. The van der Waals surface area contributed by atoms with Crippen LogP contribution < -0.4 is 5.32 Å². The summed E-state index contributed by atoms with van der Waals surface area (Å²) in [7, 11) is 0. The summed E-state index contributed by atoms with van der Waals surface area (Å²) >= 11 is 0. The predicted octanol–water partition coefficient (Wildman–Crippen LogP) is -2.73. The van der Waals surface area contributed by atoms with E-state index in [-0.39, 0.29) is 52.0 Å². The van der Waals surface area contributed by atoms with Crippen LogP contribution in [0.2, 0.25) is 0 Å². The number of amides is 2. The van der Waals surface area contributed by atoms with Gasteiger partial charge in [0.2, 0.25) is 11.8 Å². The van der Waals surface area contributed by atoms with E-state index in [1.165, 1.54) is 6.92 Å². The Hall–Kier alpha value is -2.36. The Morgan fingerprint density at radius 1 is 0.912 bits per heavy atom. The fourth-order valence-corrected chi connectivity index (χ4v) is 3.82. The molecule has 2 amide bonds. The van der Waals surface area contributed by atoms with Gasteiger partial charge in [-0.2, -0.15) is 0 Å².